The van der Waals surface area contributed by atoms with Crippen molar-refractivity contribution in [2.75, 3.05) is 24.3 Å². The Hall–Kier alpha value is -2.82. The summed E-state index contributed by atoms with van der Waals surface area (Å²) < 4.78 is 0. The monoisotopic (exact) mass is 395 g/mol. The molecule has 0 unspecified atom stereocenters. The van der Waals surface area contributed by atoms with Crippen LogP contribution >= 0.6 is 0 Å². The predicted octanol–water partition coefficient (Wildman–Crippen LogP) is 4.85. The van der Waals surface area contributed by atoms with E-state index in [0.717, 1.165) is 22.5 Å². The van der Waals surface area contributed by atoms with E-state index in [4.69, 9.17) is 0 Å². The van der Waals surface area contributed by atoms with Crippen molar-refractivity contribution in [1.29, 1.82) is 0 Å². The summed E-state index contributed by atoms with van der Waals surface area (Å²) in [6.45, 7) is 9.84. The lowest BCUT2D eigenvalue weighted by Gasteiger charge is -2.35. The molecule has 0 saturated carbocycles. The number of amides is 2. The zero-order chi connectivity index (χ0) is 21.8. The normalized spacial score (nSPS) is 12.2. The molecule has 0 aliphatic rings. The number of hydrogen-bond donors (Lipinski definition) is 1. The maximum absolute atomic E-state index is 13.4. The molecule has 5 nitrogen and oxygen atoms in total. The van der Waals surface area contributed by atoms with E-state index in [1.807, 2.05) is 93.2 Å². The minimum absolute atomic E-state index is 0.0811. The van der Waals surface area contributed by atoms with Gasteiger partial charge in [0.1, 0.15) is 0 Å². The number of nitrogens with zero attached hydrogens (tertiary/aromatic N) is 2. The summed E-state index contributed by atoms with van der Waals surface area (Å²) in [5, 5.41) is 2.84. The zero-order valence-corrected chi connectivity index (χ0v) is 18.6. The van der Waals surface area contributed by atoms with E-state index in [0.29, 0.717) is 6.54 Å². The lowest BCUT2D eigenvalue weighted by Crippen LogP contribution is -2.40. The van der Waals surface area contributed by atoms with Gasteiger partial charge in [0, 0.05) is 44.4 Å². The van der Waals surface area contributed by atoms with Crippen LogP contribution in [-0.4, -0.2) is 30.8 Å². The number of rotatable bonds is 6. The van der Waals surface area contributed by atoms with Crippen molar-refractivity contribution in [2.45, 2.75) is 47.2 Å². The fraction of sp³-hybridized carbons (Fsp3) is 0.417. The average molecular weight is 396 g/mol. The van der Waals surface area contributed by atoms with Gasteiger partial charge in [-0.05, 0) is 36.2 Å². The highest BCUT2D eigenvalue weighted by Gasteiger charge is 2.31. The third kappa shape index (κ3) is 5.83. The molecule has 5 heteroatoms. The molecule has 29 heavy (non-hydrogen) atoms. The van der Waals surface area contributed by atoms with E-state index < -0.39 is 5.41 Å². The van der Waals surface area contributed by atoms with E-state index >= 15 is 0 Å². The molecule has 2 aromatic rings. The van der Waals surface area contributed by atoms with Crippen molar-refractivity contribution in [3.05, 3.63) is 59.7 Å². The Balaban J connectivity index is 2.49. The fourth-order valence-electron chi connectivity index (χ4n) is 3.34. The van der Waals surface area contributed by atoms with E-state index in [-0.39, 0.29) is 17.9 Å². The third-order valence-electron chi connectivity index (χ3n) is 4.87. The summed E-state index contributed by atoms with van der Waals surface area (Å²) >= 11 is 0. The molecule has 156 valence electrons. The SMILES string of the molecule is CC(=O)Nc1ccc(N(C)C)c(CN(C(=O)C(C)(C)C)[C@H](C)c2ccccc2)c1. The quantitative estimate of drug-likeness (QED) is 0.761. The molecule has 0 fully saturated rings. The van der Waals surface area contributed by atoms with E-state index in [1.54, 1.807) is 0 Å². The van der Waals surface area contributed by atoms with Crippen LogP contribution in [0.5, 0.6) is 0 Å². The molecular weight excluding hydrogens is 362 g/mol. The molecule has 2 amide bonds. The van der Waals surface area contributed by atoms with Gasteiger partial charge in [-0.1, -0.05) is 51.1 Å². The van der Waals surface area contributed by atoms with Gasteiger partial charge in [0.15, 0.2) is 0 Å². The lowest BCUT2D eigenvalue weighted by atomic mass is 9.92. The summed E-state index contributed by atoms with van der Waals surface area (Å²) in [5.41, 5.74) is 3.33. The highest BCUT2D eigenvalue weighted by atomic mass is 16.2. The van der Waals surface area contributed by atoms with Gasteiger partial charge in [-0.3, -0.25) is 9.59 Å². The lowest BCUT2D eigenvalue weighted by molar-refractivity contribution is -0.142. The van der Waals surface area contributed by atoms with Gasteiger partial charge in [-0.15, -0.1) is 0 Å². The van der Waals surface area contributed by atoms with Gasteiger partial charge >= 0.3 is 0 Å². The Bertz CT molecular complexity index is 854. The Morgan fingerprint density at radius 1 is 1.03 bits per heavy atom. The van der Waals surface area contributed by atoms with Gasteiger partial charge in [-0.2, -0.15) is 0 Å². The Morgan fingerprint density at radius 2 is 1.66 bits per heavy atom. The number of carbonyl (C=O) groups is 2. The van der Waals surface area contributed by atoms with Crippen LogP contribution in [0.3, 0.4) is 0 Å². The zero-order valence-electron chi connectivity index (χ0n) is 18.6. The molecule has 0 aliphatic carbocycles. The van der Waals surface area contributed by atoms with Gasteiger partial charge in [0.25, 0.3) is 0 Å². The second kappa shape index (κ2) is 9.12. The van der Waals surface area contributed by atoms with Crippen LogP contribution in [0.2, 0.25) is 0 Å². The van der Waals surface area contributed by atoms with Gasteiger partial charge in [-0.25, -0.2) is 0 Å². The molecule has 0 aromatic heterocycles. The molecular formula is C24H33N3O2. The van der Waals surface area contributed by atoms with Crippen molar-refractivity contribution in [3.63, 3.8) is 0 Å². The molecule has 0 aliphatic heterocycles. The highest BCUT2D eigenvalue weighted by molar-refractivity contribution is 5.89. The van der Waals surface area contributed by atoms with Crippen LogP contribution in [0, 0.1) is 5.41 Å². The van der Waals surface area contributed by atoms with Gasteiger partial charge < -0.3 is 15.1 Å². The Morgan fingerprint density at radius 3 is 2.17 bits per heavy atom. The van der Waals surface area contributed by atoms with Crippen molar-refractivity contribution in [3.8, 4) is 0 Å². The van der Waals surface area contributed by atoms with Crippen molar-refractivity contribution >= 4 is 23.2 Å². The van der Waals surface area contributed by atoms with Crippen molar-refractivity contribution in [2.24, 2.45) is 5.41 Å². The minimum Gasteiger partial charge on any atom is -0.377 e. The van der Waals surface area contributed by atoms with Crippen LogP contribution in [0.15, 0.2) is 48.5 Å². The van der Waals surface area contributed by atoms with E-state index in [1.165, 1.54) is 6.92 Å². The number of benzene rings is 2. The number of nitrogens with one attached hydrogen (secondary N) is 1. The molecule has 2 aromatic carbocycles. The molecule has 1 N–H and O–H groups in total. The van der Waals surface area contributed by atoms with Crippen LogP contribution in [0.25, 0.3) is 0 Å². The van der Waals surface area contributed by atoms with E-state index in [9.17, 15) is 9.59 Å². The Labute approximate surface area is 174 Å². The summed E-state index contributed by atoms with van der Waals surface area (Å²) in [4.78, 5) is 28.8. The molecule has 2 rings (SSSR count). The first-order valence-corrected chi connectivity index (χ1v) is 9.94. The molecule has 0 bridgehead atoms. The summed E-state index contributed by atoms with van der Waals surface area (Å²) in [6, 6.07) is 15.8. The van der Waals surface area contributed by atoms with Crippen molar-refractivity contribution in [1.82, 2.24) is 4.90 Å². The molecule has 0 spiro atoms. The standard InChI is InChI=1S/C24H33N3O2/c1-17(19-11-9-8-10-12-19)27(23(29)24(3,4)5)16-20-15-21(25-18(2)28)13-14-22(20)26(6)7/h8-15,17H,16H2,1-7H3,(H,25,28)/t17-/m1/s1. The molecule has 1 atom stereocenters. The fourth-order valence-corrected chi connectivity index (χ4v) is 3.34. The predicted molar refractivity (Wildman–Crippen MR) is 120 cm³/mol. The minimum atomic E-state index is -0.503. The number of anilines is 2. The first-order chi connectivity index (χ1) is 13.5. The molecule has 0 saturated heterocycles. The largest absolute Gasteiger partial charge is 0.377 e. The summed E-state index contributed by atoms with van der Waals surface area (Å²) in [5.74, 6) is -0.0303. The average Bonchev–Trinajstić information content (AvgIpc) is 2.64. The number of carbonyl (C=O) groups excluding carboxylic acids is 2. The topological polar surface area (TPSA) is 52.7 Å². The smallest absolute Gasteiger partial charge is 0.228 e. The van der Waals surface area contributed by atoms with Gasteiger partial charge in [0.05, 0.1) is 6.04 Å². The van der Waals surface area contributed by atoms with Crippen LogP contribution in [0.4, 0.5) is 11.4 Å². The Kier molecular flexibility index (Phi) is 7.07. The summed E-state index contributed by atoms with van der Waals surface area (Å²) in [6.07, 6.45) is 0. The van der Waals surface area contributed by atoms with E-state index in [2.05, 4.69) is 12.2 Å². The van der Waals surface area contributed by atoms with Crippen LogP contribution in [0.1, 0.15) is 51.8 Å². The first kappa shape index (κ1) is 22.5. The van der Waals surface area contributed by atoms with Crippen LogP contribution in [-0.2, 0) is 16.1 Å². The molecule has 0 radical (unpaired) electrons. The number of hydrogen-bond acceptors (Lipinski definition) is 3. The second-order valence-electron chi connectivity index (χ2n) is 8.69. The maximum Gasteiger partial charge on any atom is 0.228 e. The van der Waals surface area contributed by atoms with Crippen molar-refractivity contribution < 1.29 is 9.59 Å². The molecule has 0 heterocycles. The third-order valence-corrected chi connectivity index (χ3v) is 4.87. The van der Waals surface area contributed by atoms with Gasteiger partial charge in [0.2, 0.25) is 11.8 Å². The second-order valence-corrected chi connectivity index (χ2v) is 8.69. The summed E-state index contributed by atoms with van der Waals surface area (Å²) in [7, 11) is 3.96. The first-order valence-electron chi connectivity index (χ1n) is 9.94. The maximum atomic E-state index is 13.4. The highest BCUT2D eigenvalue weighted by Crippen LogP contribution is 2.32. The van der Waals surface area contributed by atoms with Crippen LogP contribution < -0.4 is 10.2 Å².